The van der Waals surface area contributed by atoms with Gasteiger partial charge in [-0.2, -0.15) is 0 Å². The summed E-state index contributed by atoms with van der Waals surface area (Å²) in [5.41, 5.74) is 0.489. The second kappa shape index (κ2) is 6.31. The fraction of sp³-hybridized carbons (Fsp3) is 0.533. The number of aliphatic hydroxyl groups is 1. The minimum atomic E-state index is -0.474. The quantitative estimate of drug-likeness (QED) is 0.587. The summed E-state index contributed by atoms with van der Waals surface area (Å²) in [5, 5.41) is 25.9. The third-order valence-electron chi connectivity index (χ3n) is 4.50. The molecule has 0 aliphatic heterocycles. The second-order valence-corrected chi connectivity index (χ2v) is 6.06. The number of hydrogen-bond donors (Lipinski definition) is 3. The Morgan fingerprint density at radius 3 is 2.91 bits per heavy atom. The highest BCUT2D eigenvalue weighted by molar-refractivity contribution is 5.91. The molecule has 0 radical (unpaired) electrons. The van der Waals surface area contributed by atoms with Crippen LogP contribution in [-0.2, 0) is 0 Å². The molecule has 0 heterocycles. The molecule has 2 atom stereocenters. The molecular formula is C15H21N3O4. The van der Waals surface area contributed by atoms with Gasteiger partial charge in [-0.15, -0.1) is 0 Å². The first-order chi connectivity index (χ1) is 10.4. The minimum Gasteiger partial charge on any atom is -0.396 e. The predicted molar refractivity (Wildman–Crippen MR) is 82.8 cm³/mol. The van der Waals surface area contributed by atoms with Gasteiger partial charge in [0.25, 0.3) is 5.69 Å². The van der Waals surface area contributed by atoms with Crippen molar-refractivity contribution < 1.29 is 14.8 Å². The number of aliphatic hydroxyl groups excluding tert-OH is 1. The first-order valence-electron chi connectivity index (χ1n) is 7.30. The number of urea groups is 1. The van der Waals surface area contributed by atoms with Crippen LogP contribution in [0.15, 0.2) is 18.2 Å². The second-order valence-electron chi connectivity index (χ2n) is 6.06. The van der Waals surface area contributed by atoms with Gasteiger partial charge in [-0.1, -0.05) is 19.4 Å². The highest BCUT2D eigenvalue weighted by atomic mass is 16.6. The zero-order valence-electron chi connectivity index (χ0n) is 12.8. The molecule has 0 saturated heterocycles. The van der Waals surface area contributed by atoms with Crippen LogP contribution in [0.4, 0.5) is 16.2 Å². The summed E-state index contributed by atoms with van der Waals surface area (Å²) in [4.78, 5) is 22.6. The molecule has 3 N–H and O–H groups in total. The molecule has 120 valence electrons. The topological polar surface area (TPSA) is 104 Å². The van der Waals surface area contributed by atoms with E-state index in [9.17, 15) is 20.0 Å². The Morgan fingerprint density at radius 2 is 2.27 bits per heavy atom. The van der Waals surface area contributed by atoms with Crippen molar-refractivity contribution in [3.05, 3.63) is 33.9 Å². The number of amides is 2. The molecule has 1 aromatic carbocycles. The van der Waals surface area contributed by atoms with E-state index in [4.69, 9.17) is 0 Å². The van der Waals surface area contributed by atoms with Crippen molar-refractivity contribution in [1.82, 2.24) is 5.32 Å². The first-order valence-corrected chi connectivity index (χ1v) is 7.30. The molecule has 1 aliphatic carbocycles. The molecule has 0 aromatic heterocycles. The number of anilines is 1. The smallest absolute Gasteiger partial charge is 0.319 e. The molecule has 2 amide bonds. The fourth-order valence-electron chi connectivity index (χ4n) is 2.94. The average molecular weight is 307 g/mol. The number of rotatable bonds is 4. The van der Waals surface area contributed by atoms with Gasteiger partial charge in [-0.25, -0.2) is 4.79 Å². The normalized spacial score (nSPS) is 24.0. The van der Waals surface area contributed by atoms with Crippen LogP contribution in [0.5, 0.6) is 0 Å². The maximum Gasteiger partial charge on any atom is 0.319 e. The fourth-order valence-corrected chi connectivity index (χ4v) is 2.94. The van der Waals surface area contributed by atoms with Gasteiger partial charge in [-0.05, 0) is 25.8 Å². The summed E-state index contributed by atoms with van der Waals surface area (Å²) >= 11 is 0. The van der Waals surface area contributed by atoms with E-state index < -0.39 is 11.0 Å². The molecular weight excluding hydrogens is 286 g/mol. The van der Waals surface area contributed by atoms with Crippen LogP contribution in [0.2, 0.25) is 0 Å². The monoisotopic (exact) mass is 307 g/mol. The highest BCUT2D eigenvalue weighted by Gasteiger charge is 2.39. The van der Waals surface area contributed by atoms with E-state index in [0.29, 0.717) is 11.3 Å². The van der Waals surface area contributed by atoms with Crippen molar-refractivity contribution in [2.45, 2.75) is 39.2 Å². The van der Waals surface area contributed by atoms with Crippen LogP contribution in [-0.4, -0.2) is 28.7 Å². The number of carbonyl (C=O) groups excluding carboxylic acids is 1. The lowest BCUT2D eigenvalue weighted by Gasteiger charge is -2.30. The zero-order chi connectivity index (χ0) is 16.3. The molecule has 1 aromatic rings. The van der Waals surface area contributed by atoms with E-state index in [-0.39, 0.29) is 23.8 Å². The van der Waals surface area contributed by atoms with Crippen molar-refractivity contribution in [2.24, 2.45) is 5.41 Å². The van der Waals surface area contributed by atoms with Gasteiger partial charge in [0, 0.05) is 17.5 Å². The number of nitro groups is 1. The number of nitro benzene ring substituents is 1. The number of nitrogens with zero attached hydrogens (tertiary/aromatic N) is 1. The molecule has 1 fully saturated rings. The summed E-state index contributed by atoms with van der Waals surface area (Å²) in [7, 11) is 0. The summed E-state index contributed by atoms with van der Waals surface area (Å²) < 4.78 is 0. The van der Waals surface area contributed by atoms with Gasteiger partial charge in [0.2, 0.25) is 0 Å². The van der Waals surface area contributed by atoms with Crippen LogP contribution >= 0.6 is 0 Å². The number of benzene rings is 1. The lowest BCUT2D eigenvalue weighted by atomic mass is 9.86. The van der Waals surface area contributed by atoms with E-state index in [1.807, 2.05) is 6.92 Å². The Morgan fingerprint density at radius 1 is 1.55 bits per heavy atom. The molecule has 22 heavy (non-hydrogen) atoms. The summed E-state index contributed by atoms with van der Waals surface area (Å²) in [6.07, 6.45) is 2.64. The molecule has 7 nitrogen and oxygen atoms in total. The third-order valence-corrected chi connectivity index (χ3v) is 4.50. The van der Waals surface area contributed by atoms with Crippen LogP contribution in [0.1, 0.15) is 31.7 Å². The first kappa shape index (κ1) is 16.2. The molecule has 2 unspecified atom stereocenters. The van der Waals surface area contributed by atoms with Gasteiger partial charge >= 0.3 is 6.03 Å². The molecule has 1 saturated carbocycles. The molecule has 2 rings (SSSR count). The lowest BCUT2D eigenvalue weighted by molar-refractivity contribution is -0.385. The zero-order valence-corrected chi connectivity index (χ0v) is 12.8. The van der Waals surface area contributed by atoms with Crippen molar-refractivity contribution >= 4 is 17.4 Å². The Kier molecular flexibility index (Phi) is 4.65. The van der Waals surface area contributed by atoms with Crippen molar-refractivity contribution in [2.75, 3.05) is 11.9 Å². The van der Waals surface area contributed by atoms with E-state index in [0.717, 1.165) is 19.3 Å². The van der Waals surface area contributed by atoms with E-state index in [2.05, 4.69) is 10.6 Å². The number of hydrogen-bond acceptors (Lipinski definition) is 4. The summed E-state index contributed by atoms with van der Waals surface area (Å²) in [6, 6.07) is 4.06. The highest BCUT2D eigenvalue weighted by Crippen LogP contribution is 2.37. The predicted octanol–water partition coefficient (Wildman–Crippen LogP) is 2.58. The maximum atomic E-state index is 12.1. The SMILES string of the molecule is Cc1c(NC(=O)NC2CCCC2(C)CO)cccc1[N+](=O)[O-]. The Labute approximate surface area is 128 Å². The van der Waals surface area contributed by atoms with Gasteiger partial charge in [0.1, 0.15) is 0 Å². The molecule has 0 spiro atoms. The van der Waals surface area contributed by atoms with E-state index in [1.165, 1.54) is 12.1 Å². The standard InChI is InChI=1S/C15H21N3O4/c1-10-11(5-3-6-12(10)18(21)22)16-14(20)17-13-7-4-8-15(13,2)9-19/h3,5-6,13,19H,4,7-9H2,1-2H3,(H2,16,17,20). The van der Waals surface area contributed by atoms with Crippen molar-refractivity contribution in [1.29, 1.82) is 0 Å². The van der Waals surface area contributed by atoms with Gasteiger partial charge in [-0.3, -0.25) is 10.1 Å². The van der Waals surface area contributed by atoms with Crippen LogP contribution in [0.25, 0.3) is 0 Å². The van der Waals surface area contributed by atoms with Gasteiger partial charge in [0.15, 0.2) is 0 Å². The summed E-state index contributed by atoms with van der Waals surface area (Å²) in [5.74, 6) is 0. The molecule has 0 bridgehead atoms. The number of carbonyl (C=O) groups is 1. The van der Waals surface area contributed by atoms with Gasteiger partial charge < -0.3 is 15.7 Å². The molecule has 1 aliphatic rings. The average Bonchev–Trinajstić information content (AvgIpc) is 2.82. The Bertz CT molecular complexity index is 590. The lowest BCUT2D eigenvalue weighted by Crippen LogP contribution is -2.46. The largest absolute Gasteiger partial charge is 0.396 e. The molecule has 7 heteroatoms. The van der Waals surface area contributed by atoms with E-state index in [1.54, 1.807) is 13.0 Å². The Hall–Kier alpha value is -2.15. The van der Waals surface area contributed by atoms with Crippen LogP contribution in [0.3, 0.4) is 0 Å². The Balaban J connectivity index is 2.07. The summed E-state index contributed by atoms with van der Waals surface area (Å²) in [6.45, 7) is 3.57. The third kappa shape index (κ3) is 3.19. The van der Waals surface area contributed by atoms with Crippen molar-refractivity contribution in [3.8, 4) is 0 Å². The van der Waals surface area contributed by atoms with Gasteiger partial charge in [0.05, 0.1) is 22.8 Å². The number of nitrogens with one attached hydrogen (secondary N) is 2. The maximum absolute atomic E-state index is 12.1. The van der Waals surface area contributed by atoms with E-state index >= 15 is 0 Å². The van der Waals surface area contributed by atoms with Crippen LogP contribution < -0.4 is 10.6 Å². The van der Waals surface area contributed by atoms with Crippen molar-refractivity contribution in [3.63, 3.8) is 0 Å². The minimum absolute atomic E-state index is 0.0216. The van der Waals surface area contributed by atoms with Crippen LogP contribution in [0, 0.1) is 22.5 Å².